The van der Waals surface area contributed by atoms with E-state index in [1.54, 1.807) is 11.1 Å². The van der Waals surface area contributed by atoms with Gasteiger partial charge in [0.05, 0.1) is 12.7 Å². The summed E-state index contributed by atoms with van der Waals surface area (Å²) < 4.78 is 5.56. The smallest absolute Gasteiger partial charge is 0.245 e. The number of oxazole rings is 1. The van der Waals surface area contributed by atoms with E-state index in [1.807, 2.05) is 20.8 Å². The van der Waals surface area contributed by atoms with Gasteiger partial charge in [0, 0.05) is 19.4 Å². The second kappa shape index (κ2) is 6.74. The van der Waals surface area contributed by atoms with E-state index in [0.29, 0.717) is 37.7 Å². The van der Waals surface area contributed by atoms with E-state index < -0.39 is 6.04 Å². The second-order valence-corrected chi connectivity index (χ2v) is 5.83. The molecule has 1 atom stereocenters. The normalized spacial score (nSPS) is 19.8. The number of carbonyl (C=O) groups excluding carboxylic acids is 2. The Bertz CT molecular complexity index is 510. The van der Waals surface area contributed by atoms with Gasteiger partial charge >= 0.3 is 0 Å². The van der Waals surface area contributed by atoms with Crippen LogP contribution in [0.25, 0.3) is 0 Å². The van der Waals surface area contributed by atoms with Crippen molar-refractivity contribution < 1.29 is 14.0 Å². The largest absolute Gasteiger partial charge is 0.444 e. The highest BCUT2D eigenvalue weighted by Crippen LogP contribution is 2.15. The summed E-state index contributed by atoms with van der Waals surface area (Å²) in [6, 6.07) is -0.444. The van der Waals surface area contributed by atoms with Crippen molar-refractivity contribution in [3.8, 4) is 0 Å². The molecule has 116 valence electrons. The number of nitrogens with zero attached hydrogens (tertiary/aromatic N) is 2. The van der Waals surface area contributed by atoms with Crippen LogP contribution in [0.4, 0.5) is 0 Å². The van der Waals surface area contributed by atoms with Crippen LogP contribution in [0.2, 0.25) is 0 Å². The lowest BCUT2D eigenvalue weighted by molar-refractivity contribution is -0.134. The number of amides is 2. The zero-order valence-corrected chi connectivity index (χ0v) is 12.9. The Kier molecular flexibility index (Phi) is 4.98. The first-order chi connectivity index (χ1) is 9.99. The van der Waals surface area contributed by atoms with E-state index in [1.165, 1.54) is 0 Å². The summed E-state index contributed by atoms with van der Waals surface area (Å²) in [6.45, 7) is 6.79. The fourth-order valence-corrected chi connectivity index (χ4v) is 2.43. The minimum Gasteiger partial charge on any atom is -0.444 e. The van der Waals surface area contributed by atoms with Gasteiger partial charge in [0.25, 0.3) is 0 Å². The number of aryl methyl sites for hydroxylation is 1. The molecular formula is C15H23N3O3. The Morgan fingerprint density at radius 1 is 1.48 bits per heavy atom. The summed E-state index contributed by atoms with van der Waals surface area (Å²) in [7, 11) is 0. The van der Waals surface area contributed by atoms with Crippen molar-refractivity contribution in [2.45, 2.75) is 52.6 Å². The number of hydrogen-bond donors (Lipinski definition) is 1. The summed E-state index contributed by atoms with van der Waals surface area (Å²) >= 11 is 0. The van der Waals surface area contributed by atoms with Crippen molar-refractivity contribution in [2.75, 3.05) is 6.54 Å². The van der Waals surface area contributed by atoms with Crippen LogP contribution in [0.5, 0.6) is 0 Å². The van der Waals surface area contributed by atoms with Crippen LogP contribution in [0.15, 0.2) is 10.6 Å². The Morgan fingerprint density at radius 2 is 2.24 bits per heavy atom. The molecule has 0 aliphatic carbocycles. The minimum absolute atomic E-state index is 0.0502. The van der Waals surface area contributed by atoms with Gasteiger partial charge in [-0.2, -0.15) is 0 Å². The van der Waals surface area contributed by atoms with Crippen LogP contribution in [0.1, 0.15) is 45.3 Å². The maximum Gasteiger partial charge on any atom is 0.245 e. The Balaban J connectivity index is 2.09. The van der Waals surface area contributed by atoms with Gasteiger partial charge in [0.2, 0.25) is 17.7 Å². The molecule has 1 fully saturated rings. The molecule has 1 aliphatic heterocycles. The highest BCUT2D eigenvalue weighted by atomic mass is 16.4. The first-order valence-electron chi connectivity index (χ1n) is 7.51. The average Bonchev–Trinajstić information content (AvgIpc) is 2.84. The van der Waals surface area contributed by atoms with Gasteiger partial charge in [-0.1, -0.05) is 20.8 Å². The molecule has 1 aromatic rings. The Labute approximate surface area is 124 Å². The quantitative estimate of drug-likeness (QED) is 0.892. The van der Waals surface area contributed by atoms with Crippen LogP contribution >= 0.6 is 0 Å². The zero-order valence-electron chi connectivity index (χ0n) is 12.9. The lowest BCUT2D eigenvalue weighted by atomic mass is 10.0. The van der Waals surface area contributed by atoms with E-state index in [9.17, 15) is 9.59 Å². The molecule has 2 amide bonds. The molecule has 0 spiro atoms. The van der Waals surface area contributed by atoms with Crippen molar-refractivity contribution >= 4 is 11.8 Å². The monoisotopic (exact) mass is 293 g/mol. The number of hydrogen-bond acceptors (Lipinski definition) is 4. The van der Waals surface area contributed by atoms with Gasteiger partial charge in [0.15, 0.2) is 0 Å². The molecule has 1 unspecified atom stereocenters. The summed E-state index contributed by atoms with van der Waals surface area (Å²) in [6.07, 6.45) is 3.43. The molecule has 6 heteroatoms. The zero-order chi connectivity index (χ0) is 15.4. The molecule has 6 nitrogen and oxygen atoms in total. The standard InChI is InChI=1S/C15H23N3O3/c1-4-11-8-16-14(21-11)9-18-6-5-13(19)17-12(15(18)20)7-10(2)3/h8,10,12H,4-7,9H2,1-3H3,(H,17,19). The third-order valence-corrected chi connectivity index (χ3v) is 3.54. The summed E-state index contributed by atoms with van der Waals surface area (Å²) in [4.78, 5) is 30.1. The lowest BCUT2D eigenvalue weighted by Gasteiger charge is -2.23. The molecule has 2 rings (SSSR count). The maximum absolute atomic E-state index is 12.5. The maximum atomic E-state index is 12.5. The first kappa shape index (κ1) is 15.5. The fraction of sp³-hybridized carbons (Fsp3) is 0.667. The number of aromatic nitrogens is 1. The van der Waals surface area contributed by atoms with E-state index >= 15 is 0 Å². The predicted octanol–water partition coefficient (Wildman–Crippen LogP) is 1.50. The number of rotatable bonds is 5. The summed E-state index contributed by atoms with van der Waals surface area (Å²) in [5.41, 5.74) is 0. The molecule has 1 N–H and O–H groups in total. The Hall–Kier alpha value is -1.85. The van der Waals surface area contributed by atoms with Crippen LogP contribution in [-0.4, -0.2) is 34.3 Å². The van der Waals surface area contributed by atoms with Crippen molar-refractivity contribution in [3.63, 3.8) is 0 Å². The van der Waals surface area contributed by atoms with Gasteiger partial charge in [-0.05, 0) is 12.3 Å². The molecule has 1 aromatic heterocycles. The van der Waals surface area contributed by atoms with Gasteiger partial charge in [-0.3, -0.25) is 9.59 Å². The SMILES string of the molecule is CCc1cnc(CN2CCC(=O)NC(CC(C)C)C2=O)o1. The second-order valence-electron chi connectivity index (χ2n) is 5.83. The van der Waals surface area contributed by atoms with Crippen molar-refractivity contribution in [1.82, 2.24) is 15.2 Å². The lowest BCUT2D eigenvalue weighted by Crippen LogP contribution is -2.45. The van der Waals surface area contributed by atoms with Crippen LogP contribution in [0, 0.1) is 5.92 Å². The van der Waals surface area contributed by atoms with E-state index in [4.69, 9.17) is 4.42 Å². The minimum atomic E-state index is -0.444. The van der Waals surface area contributed by atoms with Crippen LogP contribution in [0.3, 0.4) is 0 Å². The Morgan fingerprint density at radius 3 is 2.86 bits per heavy atom. The number of carbonyl (C=O) groups is 2. The molecule has 2 heterocycles. The highest BCUT2D eigenvalue weighted by Gasteiger charge is 2.30. The molecule has 0 radical (unpaired) electrons. The van der Waals surface area contributed by atoms with Crippen molar-refractivity contribution in [2.24, 2.45) is 5.92 Å². The van der Waals surface area contributed by atoms with Gasteiger partial charge in [0.1, 0.15) is 11.8 Å². The van der Waals surface area contributed by atoms with Crippen LogP contribution in [-0.2, 0) is 22.6 Å². The van der Waals surface area contributed by atoms with Gasteiger partial charge in [-0.15, -0.1) is 0 Å². The highest BCUT2D eigenvalue weighted by molar-refractivity contribution is 5.89. The third-order valence-electron chi connectivity index (χ3n) is 3.54. The number of nitrogens with one attached hydrogen (secondary N) is 1. The molecule has 0 bridgehead atoms. The molecule has 21 heavy (non-hydrogen) atoms. The van der Waals surface area contributed by atoms with E-state index in [-0.39, 0.29) is 11.8 Å². The van der Waals surface area contributed by atoms with E-state index in [0.717, 1.165) is 12.2 Å². The van der Waals surface area contributed by atoms with E-state index in [2.05, 4.69) is 10.3 Å². The van der Waals surface area contributed by atoms with Crippen molar-refractivity contribution in [3.05, 3.63) is 17.8 Å². The fourth-order valence-electron chi connectivity index (χ4n) is 2.43. The third kappa shape index (κ3) is 4.06. The molecule has 0 saturated carbocycles. The summed E-state index contributed by atoms with van der Waals surface area (Å²) in [5.74, 6) is 1.55. The average molecular weight is 293 g/mol. The molecule has 1 saturated heterocycles. The van der Waals surface area contributed by atoms with Crippen LogP contribution < -0.4 is 5.32 Å². The predicted molar refractivity (Wildman–Crippen MR) is 77.3 cm³/mol. The molecule has 0 aromatic carbocycles. The van der Waals surface area contributed by atoms with Crippen molar-refractivity contribution in [1.29, 1.82) is 0 Å². The topological polar surface area (TPSA) is 75.4 Å². The van der Waals surface area contributed by atoms with Gasteiger partial charge < -0.3 is 14.6 Å². The molecular weight excluding hydrogens is 270 g/mol. The molecule has 1 aliphatic rings. The first-order valence-corrected chi connectivity index (χ1v) is 7.51. The van der Waals surface area contributed by atoms with Gasteiger partial charge in [-0.25, -0.2) is 4.98 Å². The summed E-state index contributed by atoms with van der Waals surface area (Å²) in [5, 5.41) is 2.81.